The quantitative estimate of drug-likeness (QED) is 0.617. The van der Waals surface area contributed by atoms with Crippen LogP contribution in [-0.4, -0.2) is 45.6 Å². The summed E-state index contributed by atoms with van der Waals surface area (Å²) in [6, 6.07) is 20.1. The molecular formula is C22H26N4O. The van der Waals surface area contributed by atoms with Crippen molar-refractivity contribution in [3.05, 3.63) is 84.2 Å². The Morgan fingerprint density at radius 2 is 1.63 bits per heavy atom. The van der Waals surface area contributed by atoms with E-state index >= 15 is 0 Å². The molecule has 27 heavy (non-hydrogen) atoms. The molecular weight excluding hydrogens is 336 g/mol. The Balaban J connectivity index is 1.56. The first-order valence-electron chi connectivity index (χ1n) is 9.25. The average Bonchev–Trinajstić information content (AvgIpc) is 3.15. The van der Waals surface area contributed by atoms with Crippen LogP contribution in [0.4, 0.5) is 0 Å². The maximum atomic E-state index is 12.7. The molecule has 0 unspecified atom stereocenters. The molecule has 0 spiro atoms. The summed E-state index contributed by atoms with van der Waals surface area (Å²) < 4.78 is 1.86. The van der Waals surface area contributed by atoms with Crippen LogP contribution >= 0.6 is 0 Å². The number of rotatable bonds is 8. The van der Waals surface area contributed by atoms with E-state index in [-0.39, 0.29) is 5.91 Å². The highest BCUT2D eigenvalue weighted by Gasteiger charge is 2.15. The third-order valence-corrected chi connectivity index (χ3v) is 4.47. The second-order valence-corrected chi connectivity index (χ2v) is 6.69. The molecule has 5 heteroatoms. The molecule has 140 valence electrons. The summed E-state index contributed by atoms with van der Waals surface area (Å²) in [4.78, 5) is 16.6. The first-order valence-corrected chi connectivity index (χ1v) is 9.25. The van der Waals surface area contributed by atoms with Gasteiger partial charge in [-0.25, -0.2) is 4.68 Å². The van der Waals surface area contributed by atoms with E-state index in [1.807, 2.05) is 89.4 Å². The van der Waals surface area contributed by atoms with Crippen LogP contribution in [0.2, 0.25) is 0 Å². The fourth-order valence-electron chi connectivity index (χ4n) is 3.04. The van der Waals surface area contributed by atoms with Gasteiger partial charge in [0, 0.05) is 31.4 Å². The zero-order chi connectivity index (χ0) is 19.1. The molecule has 0 saturated carbocycles. The van der Waals surface area contributed by atoms with Crippen molar-refractivity contribution >= 4 is 5.91 Å². The molecule has 3 rings (SSSR count). The van der Waals surface area contributed by atoms with Crippen molar-refractivity contribution in [3.63, 3.8) is 0 Å². The lowest BCUT2D eigenvalue weighted by Crippen LogP contribution is -2.38. The summed E-state index contributed by atoms with van der Waals surface area (Å²) in [5.74, 6) is 0.138. The number of hydrogen-bond donors (Lipinski definition) is 0. The molecule has 1 amide bonds. The Bertz CT molecular complexity index is 845. The monoisotopic (exact) mass is 362 g/mol. The van der Waals surface area contributed by atoms with Gasteiger partial charge in [-0.3, -0.25) is 9.69 Å². The Morgan fingerprint density at radius 1 is 0.963 bits per heavy atom. The van der Waals surface area contributed by atoms with Gasteiger partial charge in [-0.2, -0.15) is 5.10 Å². The molecule has 0 atom stereocenters. The van der Waals surface area contributed by atoms with Crippen LogP contribution in [0, 0.1) is 0 Å². The van der Waals surface area contributed by atoms with Crippen LogP contribution < -0.4 is 0 Å². The van der Waals surface area contributed by atoms with Crippen molar-refractivity contribution in [2.24, 2.45) is 0 Å². The molecule has 0 aliphatic carbocycles. The van der Waals surface area contributed by atoms with E-state index in [1.54, 1.807) is 0 Å². The molecule has 0 N–H and O–H groups in total. The van der Waals surface area contributed by atoms with Crippen LogP contribution in [0.15, 0.2) is 73.1 Å². The van der Waals surface area contributed by atoms with E-state index in [9.17, 15) is 4.79 Å². The SMILES string of the molecule is CCN(Cc1ccccc1)C(=O)CN(C)Cc1cnn(-c2ccccc2)c1. The lowest BCUT2D eigenvalue weighted by molar-refractivity contribution is -0.132. The Hall–Kier alpha value is -2.92. The van der Waals surface area contributed by atoms with Crippen LogP contribution in [0.25, 0.3) is 5.69 Å². The van der Waals surface area contributed by atoms with Gasteiger partial charge in [0.05, 0.1) is 18.4 Å². The van der Waals surface area contributed by atoms with E-state index in [0.717, 1.165) is 16.8 Å². The van der Waals surface area contributed by atoms with Crippen LogP contribution in [0.5, 0.6) is 0 Å². The highest BCUT2D eigenvalue weighted by Crippen LogP contribution is 2.10. The van der Waals surface area contributed by atoms with Crippen molar-refractivity contribution < 1.29 is 4.79 Å². The summed E-state index contributed by atoms with van der Waals surface area (Å²) in [6.07, 6.45) is 3.87. The van der Waals surface area contributed by atoms with E-state index in [2.05, 4.69) is 17.2 Å². The standard InChI is InChI=1S/C22H26N4O/c1-3-25(16-19-10-6-4-7-11-19)22(27)18-24(2)15-20-14-23-26(17-20)21-12-8-5-9-13-21/h4-14,17H,3,15-16,18H2,1-2H3. The van der Waals surface area contributed by atoms with Crippen molar-refractivity contribution in [2.75, 3.05) is 20.1 Å². The number of amides is 1. The Kier molecular flexibility index (Phi) is 6.39. The molecule has 3 aromatic rings. The topological polar surface area (TPSA) is 41.4 Å². The molecule has 5 nitrogen and oxygen atoms in total. The van der Waals surface area contributed by atoms with Gasteiger partial charge in [0.2, 0.25) is 5.91 Å². The smallest absolute Gasteiger partial charge is 0.237 e. The fourth-order valence-corrected chi connectivity index (χ4v) is 3.04. The second kappa shape index (κ2) is 9.14. The molecule has 0 aliphatic heterocycles. The summed E-state index contributed by atoms with van der Waals surface area (Å²) in [5, 5.41) is 4.42. The van der Waals surface area contributed by atoms with Gasteiger partial charge in [-0.1, -0.05) is 48.5 Å². The summed E-state index contributed by atoms with van der Waals surface area (Å²) in [7, 11) is 1.97. The third kappa shape index (κ3) is 5.28. The minimum Gasteiger partial charge on any atom is -0.338 e. The minimum absolute atomic E-state index is 0.138. The molecule has 0 bridgehead atoms. The largest absolute Gasteiger partial charge is 0.338 e. The van der Waals surface area contributed by atoms with E-state index in [0.29, 0.717) is 26.2 Å². The zero-order valence-electron chi connectivity index (χ0n) is 16.0. The van der Waals surface area contributed by atoms with E-state index in [1.165, 1.54) is 0 Å². The van der Waals surface area contributed by atoms with Crippen LogP contribution in [-0.2, 0) is 17.9 Å². The number of carbonyl (C=O) groups is 1. The molecule has 0 saturated heterocycles. The molecule has 0 fully saturated rings. The molecule has 0 radical (unpaired) electrons. The highest BCUT2D eigenvalue weighted by atomic mass is 16.2. The maximum absolute atomic E-state index is 12.7. The number of carbonyl (C=O) groups excluding carboxylic acids is 1. The normalized spacial score (nSPS) is 10.9. The van der Waals surface area contributed by atoms with Gasteiger partial charge in [0.25, 0.3) is 0 Å². The molecule has 1 heterocycles. The Labute approximate surface area is 160 Å². The Morgan fingerprint density at radius 3 is 2.30 bits per heavy atom. The van der Waals surface area contributed by atoms with Crippen molar-refractivity contribution in [1.82, 2.24) is 19.6 Å². The van der Waals surface area contributed by atoms with Gasteiger partial charge >= 0.3 is 0 Å². The lowest BCUT2D eigenvalue weighted by atomic mass is 10.2. The molecule has 1 aromatic heterocycles. The second-order valence-electron chi connectivity index (χ2n) is 6.69. The van der Waals surface area contributed by atoms with Crippen molar-refractivity contribution in [2.45, 2.75) is 20.0 Å². The fraction of sp³-hybridized carbons (Fsp3) is 0.273. The van der Waals surface area contributed by atoms with E-state index < -0.39 is 0 Å². The zero-order valence-corrected chi connectivity index (χ0v) is 16.0. The maximum Gasteiger partial charge on any atom is 0.237 e. The number of hydrogen-bond acceptors (Lipinski definition) is 3. The van der Waals surface area contributed by atoms with Gasteiger partial charge in [-0.15, -0.1) is 0 Å². The van der Waals surface area contributed by atoms with Gasteiger partial charge in [0.1, 0.15) is 0 Å². The number of nitrogens with zero attached hydrogens (tertiary/aromatic N) is 4. The number of likely N-dealkylation sites (N-methyl/N-ethyl adjacent to an activating group) is 2. The van der Waals surface area contributed by atoms with Crippen molar-refractivity contribution in [3.8, 4) is 5.69 Å². The number of benzene rings is 2. The number of para-hydroxylation sites is 1. The third-order valence-electron chi connectivity index (χ3n) is 4.47. The van der Waals surface area contributed by atoms with Crippen LogP contribution in [0.3, 0.4) is 0 Å². The first kappa shape index (κ1) is 18.9. The first-order chi connectivity index (χ1) is 13.2. The predicted octanol–water partition coefficient (Wildman–Crippen LogP) is 3.35. The predicted molar refractivity (Wildman–Crippen MR) is 107 cm³/mol. The summed E-state index contributed by atoms with van der Waals surface area (Å²) in [5.41, 5.74) is 3.27. The number of aromatic nitrogens is 2. The van der Waals surface area contributed by atoms with E-state index in [4.69, 9.17) is 0 Å². The van der Waals surface area contributed by atoms with Crippen LogP contribution in [0.1, 0.15) is 18.1 Å². The average molecular weight is 362 g/mol. The molecule has 0 aliphatic rings. The minimum atomic E-state index is 0.138. The van der Waals surface area contributed by atoms with Gasteiger partial charge in [0.15, 0.2) is 0 Å². The lowest BCUT2D eigenvalue weighted by Gasteiger charge is -2.24. The highest BCUT2D eigenvalue weighted by molar-refractivity contribution is 5.78. The summed E-state index contributed by atoms with van der Waals surface area (Å²) in [6.45, 7) is 4.44. The van der Waals surface area contributed by atoms with Crippen molar-refractivity contribution in [1.29, 1.82) is 0 Å². The summed E-state index contributed by atoms with van der Waals surface area (Å²) >= 11 is 0. The van der Waals surface area contributed by atoms with Gasteiger partial charge in [-0.05, 0) is 31.7 Å². The molecule has 2 aromatic carbocycles. The van der Waals surface area contributed by atoms with Gasteiger partial charge < -0.3 is 4.90 Å².